The zero-order chi connectivity index (χ0) is 16.0. The third-order valence-electron chi connectivity index (χ3n) is 3.97. The number of nitrogens with one attached hydrogen (secondary N) is 1. The average molecular weight is 311 g/mol. The summed E-state index contributed by atoms with van der Waals surface area (Å²) in [6.45, 7) is 0.582. The molecule has 0 saturated carbocycles. The minimum atomic E-state index is -0.461. The first-order chi connectivity index (χ1) is 11.2. The van der Waals surface area contributed by atoms with Crippen molar-refractivity contribution in [3.8, 4) is 0 Å². The number of ether oxygens (including phenoxy) is 1. The Labute approximate surface area is 130 Å². The summed E-state index contributed by atoms with van der Waals surface area (Å²) in [5.74, 6) is 4.55. The van der Waals surface area contributed by atoms with Crippen LogP contribution in [-0.4, -0.2) is 39.3 Å². The van der Waals surface area contributed by atoms with E-state index in [1.165, 1.54) is 4.68 Å². The molecule has 3 aromatic rings. The number of nitrogens with zero attached hydrogens (tertiary/aromatic N) is 3. The molecule has 3 heterocycles. The van der Waals surface area contributed by atoms with E-state index in [0.717, 1.165) is 5.39 Å². The summed E-state index contributed by atoms with van der Waals surface area (Å²) in [6, 6.07) is 4.99. The first-order valence-electron chi connectivity index (χ1n) is 7.12. The number of benzene rings is 1. The number of carbonyl (C=O) groups excluding carboxylic acids is 2. The van der Waals surface area contributed by atoms with Crippen LogP contribution in [-0.2, 0) is 4.74 Å². The van der Waals surface area contributed by atoms with Gasteiger partial charge in [0.25, 0.3) is 11.8 Å². The molecule has 3 N–H and O–H groups in total. The van der Waals surface area contributed by atoms with Crippen molar-refractivity contribution >= 4 is 33.6 Å². The van der Waals surface area contributed by atoms with Crippen LogP contribution in [0.2, 0.25) is 0 Å². The van der Waals surface area contributed by atoms with Gasteiger partial charge in [0.05, 0.1) is 23.8 Å². The van der Waals surface area contributed by atoms with E-state index in [2.05, 4.69) is 15.5 Å². The van der Waals surface area contributed by atoms with Gasteiger partial charge in [0.2, 0.25) is 0 Å². The van der Waals surface area contributed by atoms with Gasteiger partial charge in [-0.3, -0.25) is 20.0 Å². The third-order valence-corrected chi connectivity index (χ3v) is 3.97. The van der Waals surface area contributed by atoms with Gasteiger partial charge in [0.15, 0.2) is 0 Å². The first-order valence-corrected chi connectivity index (χ1v) is 7.12. The lowest BCUT2D eigenvalue weighted by atomic mass is 10.1. The zero-order valence-corrected chi connectivity index (χ0v) is 12.0. The van der Waals surface area contributed by atoms with E-state index in [9.17, 15) is 9.59 Å². The molecule has 1 aromatic carbocycles. The Balaban J connectivity index is 1.96. The van der Waals surface area contributed by atoms with Gasteiger partial charge in [0, 0.05) is 29.0 Å². The van der Waals surface area contributed by atoms with Crippen LogP contribution in [0.25, 0.3) is 21.8 Å². The highest BCUT2D eigenvalue weighted by molar-refractivity contribution is 6.09. The predicted octanol–water partition coefficient (Wildman–Crippen LogP) is 0.617. The highest BCUT2D eigenvalue weighted by Gasteiger charge is 2.29. The second-order valence-electron chi connectivity index (χ2n) is 5.31. The Morgan fingerprint density at radius 3 is 2.87 bits per heavy atom. The fourth-order valence-electron chi connectivity index (χ4n) is 2.66. The fourth-order valence-corrected chi connectivity index (χ4v) is 2.66. The van der Waals surface area contributed by atoms with Crippen LogP contribution in [0.15, 0.2) is 30.6 Å². The quantitative estimate of drug-likeness (QED) is 0.407. The molecule has 1 aliphatic heterocycles. The van der Waals surface area contributed by atoms with E-state index in [1.54, 1.807) is 30.6 Å². The topological polar surface area (TPSA) is 112 Å². The molecule has 23 heavy (non-hydrogen) atoms. The fraction of sp³-hybridized carbons (Fsp3) is 0.200. The number of pyridine rings is 1. The van der Waals surface area contributed by atoms with Crippen LogP contribution in [0, 0.1) is 0 Å². The molecule has 0 radical (unpaired) electrons. The predicted molar refractivity (Wildman–Crippen MR) is 81.7 cm³/mol. The van der Waals surface area contributed by atoms with Crippen molar-refractivity contribution in [1.82, 2.24) is 20.2 Å². The highest BCUT2D eigenvalue weighted by Crippen LogP contribution is 2.26. The number of amides is 1. The molecule has 8 heteroatoms. The second kappa shape index (κ2) is 5.11. The summed E-state index contributed by atoms with van der Waals surface area (Å²) in [6.07, 6.45) is 3.45. The van der Waals surface area contributed by atoms with Gasteiger partial charge in [0.1, 0.15) is 6.10 Å². The number of rotatable bonds is 2. The summed E-state index contributed by atoms with van der Waals surface area (Å²) in [5.41, 5.74) is 3.75. The number of hydrogen-bond donors (Lipinski definition) is 2. The summed E-state index contributed by atoms with van der Waals surface area (Å²) in [4.78, 5) is 28.6. The van der Waals surface area contributed by atoms with E-state index in [0.29, 0.717) is 35.0 Å². The van der Waals surface area contributed by atoms with E-state index in [-0.39, 0.29) is 5.91 Å². The Kier molecular flexibility index (Phi) is 3.07. The lowest BCUT2D eigenvalue weighted by Crippen LogP contribution is -2.38. The minimum absolute atomic E-state index is 0.215. The Morgan fingerprint density at radius 2 is 2.17 bits per heavy atom. The van der Waals surface area contributed by atoms with Crippen LogP contribution < -0.4 is 11.3 Å². The molecule has 116 valence electrons. The monoisotopic (exact) mass is 311 g/mol. The van der Waals surface area contributed by atoms with Crippen molar-refractivity contribution < 1.29 is 14.3 Å². The van der Waals surface area contributed by atoms with Crippen LogP contribution >= 0.6 is 0 Å². The molecule has 1 unspecified atom stereocenters. The maximum absolute atomic E-state index is 12.5. The second-order valence-corrected chi connectivity index (χ2v) is 5.31. The lowest BCUT2D eigenvalue weighted by molar-refractivity contribution is -0.0375. The number of hydrogen-bond acceptors (Lipinski definition) is 6. The molecule has 1 atom stereocenters. The summed E-state index contributed by atoms with van der Waals surface area (Å²) in [7, 11) is 0. The van der Waals surface area contributed by atoms with Crippen LogP contribution in [0.4, 0.5) is 0 Å². The van der Waals surface area contributed by atoms with E-state index in [1.807, 2.05) is 0 Å². The van der Waals surface area contributed by atoms with Crippen molar-refractivity contribution in [2.24, 2.45) is 5.84 Å². The molecule has 1 saturated heterocycles. The minimum Gasteiger partial charge on any atom is -0.368 e. The molecular formula is C15H13N5O3. The number of aromatic nitrogens is 3. The molecular weight excluding hydrogens is 298 g/mol. The number of nitrogen functional groups attached to an aromatic ring is 1. The van der Waals surface area contributed by atoms with Gasteiger partial charge >= 0.3 is 0 Å². The van der Waals surface area contributed by atoms with Crippen LogP contribution in [0.5, 0.6) is 0 Å². The zero-order valence-electron chi connectivity index (χ0n) is 12.0. The molecule has 2 aromatic heterocycles. The number of hydrazine groups is 1. The van der Waals surface area contributed by atoms with E-state index < -0.39 is 12.0 Å². The smallest absolute Gasteiger partial charge is 0.276 e. The maximum Gasteiger partial charge on any atom is 0.276 e. The molecule has 4 rings (SSSR count). The maximum atomic E-state index is 12.5. The molecule has 0 aliphatic carbocycles. The van der Waals surface area contributed by atoms with Crippen LogP contribution in [0.1, 0.15) is 21.6 Å². The van der Waals surface area contributed by atoms with Gasteiger partial charge in [-0.15, -0.1) is 0 Å². The normalized spacial score (nSPS) is 17.2. The highest BCUT2D eigenvalue weighted by atomic mass is 16.5. The molecule has 1 fully saturated rings. The van der Waals surface area contributed by atoms with Gasteiger partial charge in [-0.25, -0.2) is 5.84 Å². The summed E-state index contributed by atoms with van der Waals surface area (Å²) >= 11 is 0. The van der Waals surface area contributed by atoms with E-state index >= 15 is 0 Å². The molecule has 1 aliphatic rings. The summed E-state index contributed by atoms with van der Waals surface area (Å²) < 4.78 is 6.58. The standard InChI is InChI=1S/C15H13N5O3/c16-19-14(21)8-1-2-11-10(5-8)13-9(6-17-11)7-18-20(13)15(22)12-3-4-23-12/h1-2,5-7,12H,3-4,16H2,(H,19,21). The van der Waals surface area contributed by atoms with Crippen molar-refractivity contribution in [3.63, 3.8) is 0 Å². The van der Waals surface area contributed by atoms with E-state index in [4.69, 9.17) is 10.6 Å². The Hall–Kier alpha value is -2.84. The summed E-state index contributed by atoms with van der Waals surface area (Å²) in [5, 5.41) is 5.54. The first kappa shape index (κ1) is 13.8. The van der Waals surface area contributed by atoms with Crippen LogP contribution in [0.3, 0.4) is 0 Å². The Morgan fingerprint density at radius 1 is 1.35 bits per heavy atom. The molecule has 8 nitrogen and oxygen atoms in total. The van der Waals surface area contributed by atoms with Gasteiger partial charge in [-0.1, -0.05) is 0 Å². The molecule has 0 spiro atoms. The Bertz CT molecular complexity index is 945. The number of nitrogens with two attached hydrogens (primary N) is 1. The van der Waals surface area contributed by atoms with Gasteiger partial charge < -0.3 is 4.74 Å². The molecule has 1 amide bonds. The van der Waals surface area contributed by atoms with Gasteiger partial charge in [-0.05, 0) is 18.2 Å². The number of fused-ring (bicyclic) bond motifs is 3. The molecule has 0 bridgehead atoms. The lowest BCUT2D eigenvalue weighted by Gasteiger charge is -2.24. The van der Waals surface area contributed by atoms with Crippen molar-refractivity contribution in [2.75, 3.05) is 6.61 Å². The number of carbonyl (C=O) groups is 2. The van der Waals surface area contributed by atoms with Crippen molar-refractivity contribution in [3.05, 3.63) is 36.2 Å². The van der Waals surface area contributed by atoms with Gasteiger partial charge in [-0.2, -0.15) is 9.78 Å². The average Bonchev–Trinajstić information content (AvgIpc) is 2.96. The van der Waals surface area contributed by atoms with Crippen molar-refractivity contribution in [2.45, 2.75) is 12.5 Å². The SMILES string of the molecule is NNC(=O)c1ccc2ncc3cnn(C(=O)C4CCO4)c3c2c1. The third kappa shape index (κ3) is 2.07. The largest absolute Gasteiger partial charge is 0.368 e. The van der Waals surface area contributed by atoms with Crippen molar-refractivity contribution in [1.29, 1.82) is 0 Å².